The summed E-state index contributed by atoms with van der Waals surface area (Å²) in [5.41, 5.74) is 7.96. The van der Waals surface area contributed by atoms with Gasteiger partial charge in [-0.05, 0) is 51.8 Å². The second kappa shape index (κ2) is 4.86. The zero-order valence-corrected chi connectivity index (χ0v) is 10.9. The van der Waals surface area contributed by atoms with Gasteiger partial charge in [-0.2, -0.15) is 0 Å². The van der Waals surface area contributed by atoms with Crippen LogP contribution in [-0.2, 0) is 0 Å². The molecule has 1 saturated heterocycles. The van der Waals surface area contributed by atoms with Gasteiger partial charge in [-0.1, -0.05) is 0 Å². The fraction of sp³-hybridized carbons (Fsp3) is 0.571. The van der Waals surface area contributed by atoms with E-state index in [2.05, 4.69) is 24.8 Å². The molecule has 1 aromatic carbocycles. The number of benzene rings is 1. The summed E-state index contributed by atoms with van der Waals surface area (Å²) in [4.78, 5) is 2.45. The molecule has 3 heteroatoms. The molecular formula is C14H22N2O. The minimum absolute atomic E-state index is 0.599. The van der Waals surface area contributed by atoms with Gasteiger partial charge in [-0.25, -0.2) is 0 Å². The van der Waals surface area contributed by atoms with Crippen molar-refractivity contribution in [2.24, 2.45) is 0 Å². The average molecular weight is 234 g/mol. The Morgan fingerprint density at radius 2 is 1.94 bits per heavy atom. The third-order valence-corrected chi connectivity index (χ3v) is 3.54. The fourth-order valence-corrected chi connectivity index (χ4v) is 2.69. The molecule has 0 bridgehead atoms. The highest BCUT2D eigenvalue weighted by Gasteiger charge is 2.27. The predicted molar refractivity (Wildman–Crippen MR) is 72.7 cm³/mol. The van der Waals surface area contributed by atoms with Crippen molar-refractivity contribution >= 4 is 11.4 Å². The second-order valence-corrected chi connectivity index (χ2v) is 4.84. The predicted octanol–water partition coefficient (Wildman–Crippen LogP) is 3.04. The van der Waals surface area contributed by atoms with Crippen molar-refractivity contribution in [1.29, 1.82) is 0 Å². The quantitative estimate of drug-likeness (QED) is 0.817. The summed E-state index contributed by atoms with van der Waals surface area (Å²) in [6.45, 7) is 7.17. The molecule has 0 saturated carbocycles. The Morgan fingerprint density at radius 1 is 1.29 bits per heavy atom. The highest BCUT2D eigenvalue weighted by atomic mass is 16.5. The molecule has 2 rings (SSSR count). The molecule has 0 radical (unpaired) electrons. The van der Waals surface area contributed by atoms with E-state index in [4.69, 9.17) is 10.5 Å². The van der Waals surface area contributed by atoms with Crippen LogP contribution in [0.2, 0.25) is 0 Å². The topological polar surface area (TPSA) is 38.5 Å². The first kappa shape index (κ1) is 12.1. The van der Waals surface area contributed by atoms with Crippen molar-refractivity contribution in [3.05, 3.63) is 18.2 Å². The van der Waals surface area contributed by atoms with Crippen molar-refractivity contribution in [3.63, 3.8) is 0 Å². The lowest BCUT2D eigenvalue weighted by Crippen LogP contribution is -2.32. The lowest BCUT2D eigenvalue weighted by atomic mass is 10.2. The van der Waals surface area contributed by atoms with Crippen molar-refractivity contribution in [2.45, 2.75) is 45.7 Å². The molecule has 1 aliphatic rings. The number of nitrogens with two attached hydrogens (primary N) is 1. The minimum Gasteiger partial charge on any atom is -0.492 e. The SMILES string of the molecule is CCOc1ccc(N2C(C)CCC2C)cc1N. The van der Waals surface area contributed by atoms with Gasteiger partial charge in [0.2, 0.25) is 0 Å². The molecule has 2 N–H and O–H groups in total. The van der Waals surface area contributed by atoms with Crippen LogP contribution in [0.4, 0.5) is 11.4 Å². The molecule has 1 aromatic rings. The first-order valence-electron chi connectivity index (χ1n) is 6.44. The molecule has 3 nitrogen and oxygen atoms in total. The average Bonchev–Trinajstić information content (AvgIpc) is 2.62. The number of hydrogen-bond acceptors (Lipinski definition) is 3. The maximum Gasteiger partial charge on any atom is 0.142 e. The summed E-state index contributed by atoms with van der Waals surface area (Å²) in [6.07, 6.45) is 2.52. The Hall–Kier alpha value is -1.38. The van der Waals surface area contributed by atoms with E-state index in [-0.39, 0.29) is 0 Å². The summed E-state index contributed by atoms with van der Waals surface area (Å²) in [6, 6.07) is 7.32. The van der Waals surface area contributed by atoms with Crippen LogP contribution in [0.25, 0.3) is 0 Å². The van der Waals surface area contributed by atoms with Crippen LogP contribution < -0.4 is 15.4 Å². The molecule has 0 amide bonds. The van der Waals surface area contributed by atoms with Gasteiger partial charge in [0.1, 0.15) is 5.75 Å². The van der Waals surface area contributed by atoms with Crippen molar-refractivity contribution in [3.8, 4) is 5.75 Å². The Kier molecular flexibility index (Phi) is 3.46. The van der Waals surface area contributed by atoms with Gasteiger partial charge in [0.25, 0.3) is 0 Å². The third-order valence-electron chi connectivity index (χ3n) is 3.54. The van der Waals surface area contributed by atoms with Crippen molar-refractivity contribution in [1.82, 2.24) is 0 Å². The first-order chi connectivity index (χ1) is 8.13. The summed E-state index contributed by atoms with van der Waals surface area (Å²) in [5.74, 6) is 0.788. The summed E-state index contributed by atoms with van der Waals surface area (Å²) in [5, 5.41) is 0. The number of rotatable bonds is 3. The van der Waals surface area contributed by atoms with E-state index in [1.54, 1.807) is 0 Å². The number of anilines is 2. The molecule has 0 aromatic heterocycles. The van der Waals surface area contributed by atoms with Gasteiger partial charge in [-0.15, -0.1) is 0 Å². The molecule has 0 aliphatic carbocycles. The molecule has 1 heterocycles. The van der Waals surface area contributed by atoms with Crippen LogP contribution >= 0.6 is 0 Å². The number of nitrogen functional groups attached to an aromatic ring is 1. The Morgan fingerprint density at radius 3 is 2.47 bits per heavy atom. The van der Waals surface area contributed by atoms with Crippen molar-refractivity contribution in [2.75, 3.05) is 17.2 Å². The Bertz CT molecular complexity index is 382. The Labute approximate surface area is 104 Å². The normalized spacial score (nSPS) is 24.1. The summed E-state index contributed by atoms with van der Waals surface area (Å²) < 4.78 is 5.46. The smallest absolute Gasteiger partial charge is 0.142 e. The highest BCUT2D eigenvalue weighted by Crippen LogP contribution is 2.34. The molecule has 17 heavy (non-hydrogen) atoms. The van der Waals surface area contributed by atoms with Gasteiger partial charge < -0.3 is 15.4 Å². The largest absolute Gasteiger partial charge is 0.492 e. The van der Waals surface area contributed by atoms with E-state index in [0.717, 1.165) is 11.4 Å². The molecular weight excluding hydrogens is 212 g/mol. The van der Waals surface area contributed by atoms with E-state index in [0.29, 0.717) is 18.7 Å². The molecule has 0 spiro atoms. The van der Waals surface area contributed by atoms with Crippen LogP contribution in [0.5, 0.6) is 5.75 Å². The van der Waals surface area contributed by atoms with Crippen LogP contribution in [-0.4, -0.2) is 18.7 Å². The van der Waals surface area contributed by atoms with Crippen LogP contribution in [0.3, 0.4) is 0 Å². The maximum atomic E-state index is 6.01. The molecule has 1 aliphatic heterocycles. The zero-order chi connectivity index (χ0) is 12.4. The van der Waals surface area contributed by atoms with E-state index in [9.17, 15) is 0 Å². The summed E-state index contributed by atoms with van der Waals surface area (Å²) in [7, 11) is 0. The monoisotopic (exact) mass is 234 g/mol. The van der Waals surface area contributed by atoms with Crippen LogP contribution in [0.15, 0.2) is 18.2 Å². The molecule has 2 unspecified atom stereocenters. The maximum absolute atomic E-state index is 6.01. The second-order valence-electron chi connectivity index (χ2n) is 4.84. The van der Waals surface area contributed by atoms with Gasteiger partial charge >= 0.3 is 0 Å². The third kappa shape index (κ3) is 2.33. The lowest BCUT2D eigenvalue weighted by molar-refractivity contribution is 0.342. The number of nitrogens with zero attached hydrogens (tertiary/aromatic N) is 1. The van der Waals surface area contributed by atoms with Gasteiger partial charge in [0.15, 0.2) is 0 Å². The van der Waals surface area contributed by atoms with E-state index in [1.807, 2.05) is 19.1 Å². The fourth-order valence-electron chi connectivity index (χ4n) is 2.69. The minimum atomic E-state index is 0.599. The standard InChI is InChI=1S/C14H22N2O/c1-4-17-14-8-7-12(9-13(14)15)16-10(2)5-6-11(16)3/h7-11H,4-6,15H2,1-3H3. The van der Waals surface area contributed by atoms with E-state index in [1.165, 1.54) is 18.5 Å². The van der Waals surface area contributed by atoms with Gasteiger partial charge in [-0.3, -0.25) is 0 Å². The van der Waals surface area contributed by atoms with E-state index < -0.39 is 0 Å². The molecule has 1 fully saturated rings. The molecule has 2 atom stereocenters. The number of ether oxygens (including phenoxy) is 1. The summed E-state index contributed by atoms with van der Waals surface area (Å²) >= 11 is 0. The first-order valence-corrected chi connectivity index (χ1v) is 6.44. The highest BCUT2D eigenvalue weighted by molar-refractivity contribution is 5.64. The Balaban J connectivity index is 2.25. The van der Waals surface area contributed by atoms with Gasteiger partial charge in [0.05, 0.1) is 12.3 Å². The lowest BCUT2D eigenvalue weighted by Gasteiger charge is -2.29. The molecule has 94 valence electrons. The van der Waals surface area contributed by atoms with Crippen LogP contribution in [0.1, 0.15) is 33.6 Å². The van der Waals surface area contributed by atoms with Crippen molar-refractivity contribution < 1.29 is 4.74 Å². The van der Waals surface area contributed by atoms with Gasteiger partial charge in [0, 0.05) is 17.8 Å². The number of hydrogen-bond donors (Lipinski definition) is 1. The van der Waals surface area contributed by atoms with E-state index >= 15 is 0 Å². The van der Waals surface area contributed by atoms with Crippen LogP contribution in [0, 0.1) is 0 Å². The zero-order valence-electron chi connectivity index (χ0n) is 10.9.